The molecule has 0 spiro atoms. The molecule has 0 atom stereocenters. The molecular formula is C8H9FIN4-. The molecule has 2 aromatic rings. The summed E-state index contributed by atoms with van der Waals surface area (Å²) in [5, 5.41) is 0. The Morgan fingerprint density at radius 1 is 1.57 bits per heavy atom. The number of fused-ring (bicyclic) bond motifs is 1. The number of imidazole rings is 1. The van der Waals surface area contributed by atoms with Gasteiger partial charge in [-0.1, -0.05) is 0 Å². The van der Waals surface area contributed by atoms with Crippen molar-refractivity contribution >= 4 is 11.3 Å². The number of aryl methyl sites for hydroxylation is 1. The predicted octanol–water partition coefficient (Wildman–Crippen LogP) is -2.35. The second-order valence-corrected chi connectivity index (χ2v) is 4.89. The van der Waals surface area contributed by atoms with Gasteiger partial charge in [0, 0.05) is 0 Å². The average molecular weight is 307 g/mol. The molecule has 2 rings (SSSR count). The monoisotopic (exact) mass is 307 g/mol. The van der Waals surface area contributed by atoms with Crippen LogP contribution in [0.25, 0.3) is 5.52 Å². The average Bonchev–Trinajstić information content (AvgIpc) is 2.50. The van der Waals surface area contributed by atoms with Gasteiger partial charge in [0.1, 0.15) is 0 Å². The van der Waals surface area contributed by atoms with Crippen molar-refractivity contribution in [1.82, 2.24) is 14.4 Å². The second kappa shape index (κ2) is 3.34. The summed E-state index contributed by atoms with van der Waals surface area (Å²) >= 11 is -0.220. The number of halogens is 2. The zero-order valence-electron chi connectivity index (χ0n) is 7.75. The Morgan fingerprint density at radius 2 is 2.29 bits per heavy atom. The number of alkyl halides is 1. The summed E-state index contributed by atoms with van der Waals surface area (Å²) in [6.45, 7) is 1.76. The molecule has 0 aliphatic rings. The molecule has 0 unspecified atom stereocenters. The third-order valence-electron chi connectivity index (χ3n) is 1.95. The summed E-state index contributed by atoms with van der Waals surface area (Å²) in [5.74, 6) is 0.564. The standard InChI is InChI=1S/C8H9FIN4/c1-4-13-7(10-2)6-8(11)12-3-5(9)14(4)6/h3H,1-2H3,(H2,11,12)/q-1. The van der Waals surface area contributed by atoms with Gasteiger partial charge < -0.3 is 0 Å². The normalized spacial score (nSPS) is 11.4. The molecule has 4 nitrogen and oxygen atoms in total. The van der Waals surface area contributed by atoms with Gasteiger partial charge in [0.25, 0.3) is 0 Å². The topological polar surface area (TPSA) is 56.2 Å². The Hall–Kier alpha value is -0.920. The van der Waals surface area contributed by atoms with Crippen molar-refractivity contribution in [3.05, 3.63) is 21.7 Å². The quantitative estimate of drug-likeness (QED) is 0.474. The van der Waals surface area contributed by atoms with Gasteiger partial charge in [0.2, 0.25) is 0 Å². The first-order valence-corrected chi connectivity index (χ1v) is 7.17. The van der Waals surface area contributed by atoms with Gasteiger partial charge in [-0.2, -0.15) is 0 Å². The van der Waals surface area contributed by atoms with E-state index in [2.05, 4.69) is 14.9 Å². The third-order valence-corrected chi connectivity index (χ3v) is 3.72. The van der Waals surface area contributed by atoms with Crippen molar-refractivity contribution in [3.63, 3.8) is 0 Å². The number of nitrogens with two attached hydrogens (primary N) is 1. The van der Waals surface area contributed by atoms with Crippen molar-refractivity contribution in [2.24, 2.45) is 0 Å². The molecular weight excluding hydrogens is 298 g/mol. The van der Waals surface area contributed by atoms with Crippen LogP contribution >= 0.6 is 0 Å². The van der Waals surface area contributed by atoms with Gasteiger partial charge in [0.05, 0.1) is 0 Å². The van der Waals surface area contributed by atoms with Crippen LogP contribution in [0.3, 0.4) is 0 Å². The zero-order chi connectivity index (χ0) is 10.3. The molecule has 0 aromatic carbocycles. The van der Waals surface area contributed by atoms with E-state index in [0.717, 1.165) is 9.90 Å². The third kappa shape index (κ3) is 1.24. The molecule has 76 valence electrons. The van der Waals surface area contributed by atoms with E-state index in [1.165, 1.54) is 4.40 Å². The first kappa shape index (κ1) is 9.63. The van der Waals surface area contributed by atoms with Gasteiger partial charge in [-0.15, -0.1) is 0 Å². The molecule has 0 saturated carbocycles. The van der Waals surface area contributed by atoms with Crippen LogP contribution < -0.4 is 26.9 Å². The molecule has 0 aliphatic heterocycles. The summed E-state index contributed by atoms with van der Waals surface area (Å²) in [6, 6.07) is 0. The Bertz CT molecular complexity index is 494. The second-order valence-electron chi connectivity index (χ2n) is 2.79. The fraction of sp³-hybridized carbons (Fsp3) is 0.250. The first-order valence-electron chi connectivity index (χ1n) is 3.93. The fourth-order valence-corrected chi connectivity index (χ4v) is 2.97. The van der Waals surface area contributed by atoms with E-state index < -0.39 is 5.95 Å². The van der Waals surface area contributed by atoms with Crippen LogP contribution in [0, 0.1) is 16.6 Å². The van der Waals surface area contributed by atoms with E-state index in [-0.39, 0.29) is 21.2 Å². The molecule has 0 saturated heterocycles. The molecule has 14 heavy (non-hydrogen) atoms. The van der Waals surface area contributed by atoms with Crippen LogP contribution in [-0.2, 0) is 0 Å². The van der Waals surface area contributed by atoms with Crippen molar-refractivity contribution in [2.75, 3.05) is 10.7 Å². The van der Waals surface area contributed by atoms with Gasteiger partial charge in [-0.05, 0) is 0 Å². The Kier molecular flexibility index (Phi) is 2.30. The van der Waals surface area contributed by atoms with Crippen molar-refractivity contribution in [3.8, 4) is 0 Å². The maximum absolute atomic E-state index is 13.4. The number of hydrogen-bond acceptors (Lipinski definition) is 3. The minimum atomic E-state index is -0.414. The minimum absolute atomic E-state index is 0.220. The van der Waals surface area contributed by atoms with E-state index in [0.29, 0.717) is 17.2 Å². The SMILES string of the molecule is C[I-]c1nc(C)n2c(F)cnc(N)c12. The summed E-state index contributed by atoms with van der Waals surface area (Å²) in [6.07, 6.45) is 1.12. The number of anilines is 1. The fourth-order valence-electron chi connectivity index (χ4n) is 1.35. The Balaban J connectivity index is 2.94. The van der Waals surface area contributed by atoms with E-state index in [9.17, 15) is 4.39 Å². The van der Waals surface area contributed by atoms with Crippen LogP contribution in [-0.4, -0.2) is 19.3 Å². The Morgan fingerprint density at radius 3 is 2.93 bits per heavy atom. The number of nitrogens with zero attached hydrogens (tertiary/aromatic N) is 3. The predicted molar refractivity (Wildman–Crippen MR) is 46.7 cm³/mol. The molecule has 2 aromatic heterocycles. The number of nitrogen functional groups attached to an aromatic ring is 1. The molecule has 2 heterocycles. The van der Waals surface area contributed by atoms with Crippen molar-refractivity contribution in [2.45, 2.75) is 6.92 Å². The molecule has 0 bridgehead atoms. The molecule has 0 aliphatic carbocycles. The van der Waals surface area contributed by atoms with Crippen LogP contribution in [0.15, 0.2) is 6.20 Å². The van der Waals surface area contributed by atoms with Crippen LogP contribution in [0.1, 0.15) is 5.82 Å². The summed E-state index contributed by atoms with van der Waals surface area (Å²) in [7, 11) is 0. The van der Waals surface area contributed by atoms with E-state index in [4.69, 9.17) is 5.73 Å². The van der Waals surface area contributed by atoms with Crippen molar-refractivity contribution in [1.29, 1.82) is 0 Å². The summed E-state index contributed by atoms with van der Waals surface area (Å²) in [4.78, 5) is 10.1. The molecule has 6 heteroatoms. The molecule has 2 N–H and O–H groups in total. The van der Waals surface area contributed by atoms with Gasteiger partial charge in [-0.3, -0.25) is 0 Å². The number of aromatic nitrogens is 3. The van der Waals surface area contributed by atoms with E-state index in [1.807, 2.05) is 0 Å². The zero-order valence-corrected chi connectivity index (χ0v) is 9.91. The molecule has 0 radical (unpaired) electrons. The first-order chi connectivity index (χ1) is 6.65. The van der Waals surface area contributed by atoms with E-state index >= 15 is 0 Å². The molecule has 0 amide bonds. The summed E-state index contributed by atoms with van der Waals surface area (Å²) in [5.41, 5.74) is 6.33. The van der Waals surface area contributed by atoms with Gasteiger partial charge in [-0.25, -0.2) is 0 Å². The van der Waals surface area contributed by atoms with Crippen LogP contribution in [0.5, 0.6) is 0 Å². The van der Waals surface area contributed by atoms with Crippen LogP contribution in [0.2, 0.25) is 0 Å². The van der Waals surface area contributed by atoms with Gasteiger partial charge in [0.15, 0.2) is 0 Å². The number of hydrogen-bond donors (Lipinski definition) is 1. The van der Waals surface area contributed by atoms with Crippen LogP contribution in [0.4, 0.5) is 10.2 Å². The molecule has 0 fully saturated rings. The van der Waals surface area contributed by atoms with Gasteiger partial charge >= 0.3 is 90.6 Å². The van der Waals surface area contributed by atoms with E-state index in [1.54, 1.807) is 6.92 Å². The Labute approximate surface area is 90.6 Å². The maximum atomic E-state index is 13.4. The number of rotatable bonds is 1. The summed E-state index contributed by atoms with van der Waals surface area (Å²) < 4.78 is 15.7. The van der Waals surface area contributed by atoms with Crippen molar-refractivity contribution < 1.29 is 25.6 Å².